The lowest BCUT2D eigenvalue weighted by molar-refractivity contribution is 0.103. The topological polar surface area (TPSA) is 59.3 Å². The SMILES string of the molecule is CCOc1cc2c(cc1OCC)C(=O)C(C#N)=CC2. The number of Topliss-reactive ketones (excluding diaryl/α,β-unsaturated/α-hetero) is 1. The number of benzene rings is 1. The summed E-state index contributed by atoms with van der Waals surface area (Å²) < 4.78 is 11.0. The van der Waals surface area contributed by atoms with Crippen molar-refractivity contribution in [2.45, 2.75) is 20.3 Å². The maximum Gasteiger partial charge on any atom is 0.203 e. The summed E-state index contributed by atoms with van der Waals surface area (Å²) in [5, 5.41) is 8.90. The van der Waals surface area contributed by atoms with E-state index < -0.39 is 0 Å². The van der Waals surface area contributed by atoms with E-state index in [4.69, 9.17) is 14.7 Å². The fraction of sp³-hybridized carbons (Fsp3) is 0.333. The van der Waals surface area contributed by atoms with Gasteiger partial charge in [0.25, 0.3) is 0 Å². The van der Waals surface area contributed by atoms with Crippen molar-refractivity contribution in [3.63, 3.8) is 0 Å². The molecule has 0 aliphatic heterocycles. The van der Waals surface area contributed by atoms with Gasteiger partial charge >= 0.3 is 0 Å². The Hall–Kier alpha value is -2.28. The van der Waals surface area contributed by atoms with Gasteiger partial charge in [-0.05, 0) is 38.0 Å². The lowest BCUT2D eigenvalue weighted by atomic mass is 9.90. The Labute approximate surface area is 112 Å². The molecular weight excluding hydrogens is 242 g/mol. The number of ketones is 1. The van der Waals surface area contributed by atoms with Crippen LogP contribution < -0.4 is 9.47 Å². The normalized spacial score (nSPS) is 13.3. The molecule has 2 rings (SSSR count). The van der Waals surface area contributed by atoms with Gasteiger partial charge in [0.2, 0.25) is 5.78 Å². The molecule has 0 aromatic heterocycles. The lowest BCUT2D eigenvalue weighted by Crippen LogP contribution is -2.12. The van der Waals surface area contributed by atoms with Gasteiger partial charge in [-0.1, -0.05) is 6.08 Å². The van der Waals surface area contributed by atoms with Crippen molar-refractivity contribution in [1.29, 1.82) is 5.26 Å². The quantitative estimate of drug-likeness (QED) is 0.832. The highest BCUT2D eigenvalue weighted by atomic mass is 16.5. The van der Waals surface area contributed by atoms with E-state index in [0.29, 0.717) is 36.7 Å². The second kappa shape index (κ2) is 5.57. The van der Waals surface area contributed by atoms with Crippen LogP contribution in [0.4, 0.5) is 0 Å². The average Bonchev–Trinajstić information content (AvgIpc) is 2.41. The predicted molar refractivity (Wildman–Crippen MR) is 70.5 cm³/mol. The first-order valence-electron chi connectivity index (χ1n) is 6.28. The van der Waals surface area contributed by atoms with Gasteiger partial charge < -0.3 is 9.47 Å². The van der Waals surface area contributed by atoms with Gasteiger partial charge in [-0.15, -0.1) is 0 Å². The smallest absolute Gasteiger partial charge is 0.203 e. The van der Waals surface area contributed by atoms with Crippen molar-refractivity contribution in [3.8, 4) is 17.6 Å². The summed E-state index contributed by atoms with van der Waals surface area (Å²) >= 11 is 0. The van der Waals surface area contributed by atoms with E-state index >= 15 is 0 Å². The third-order valence-electron chi connectivity index (χ3n) is 2.91. The van der Waals surface area contributed by atoms with Crippen LogP contribution in [0.3, 0.4) is 0 Å². The number of nitriles is 1. The number of ether oxygens (including phenoxy) is 2. The Morgan fingerprint density at radius 1 is 1.21 bits per heavy atom. The standard InChI is InChI=1S/C15H15NO3/c1-3-18-13-7-10-5-6-11(9-16)15(17)12(10)8-14(13)19-4-2/h6-8H,3-5H2,1-2H3. The Kier molecular flexibility index (Phi) is 3.86. The van der Waals surface area contributed by atoms with Crippen molar-refractivity contribution in [2.24, 2.45) is 0 Å². The molecule has 1 aliphatic rings. The molecule has 4 nitrogen and oxygen atoms in total. The first kappa shape index (κ1) is 13.2. The summed E-state index contributed by atoms with van der Waals surface area (Å²) in [6.45, 7) is 4.80. The molecule has 0 atom stereocenters. The number of carbonyl (C=O) groups excluding carboxylic acids is 1. The van der Waals surface area contributed by atoms with Crippen LogP contribution >= 0.6 is 0 Å². The van der Waals surface area contributed by atoms with E-state index in [1.165, 1.54) is 0 Å². The monoisotopic (exact) mass is 257 g/mol. The summed E-state index contributed by atoms with van der Waals surface area (Å²) in [7, 11) is 0. The van der Waals surface area contributed by atoms with Crippen molar-refractivity contribution in [2.75, 3.05) is 13.2 Å². The van der Waals surface area contributed by atoms with Gasteiger partial charge in [0.05, 0.1) is 18.8 Å². The predicted octanol–water partition coefficient (Wildman–Crippen LogP) is 2.67. The van der Waals surface area contributed by atoms with Crippen molar-refractivity contribution in [1.82, 2.24) is 0 Å². The summed E-state index contributed by atoms with van der Waals surface area (Å²) in [6.07, 6.45) is 2.22. The highest BCUT2D eigenvalue weighted by molar-refractivity contribution is 6.13. The maximum atomic E-state index is 12.1. The van der Waals surface area contributed by atoms with Crippen LogP contribution in [0.25, 0.3) is 0 Å². The van der Waals surface area contributed by atoms with Crippen molar-refractivity contribution >= 4 is 5.78 Å². The third-order valence-corrected chi connectivity index (χ3v) is 2.91. The van der Waals surface area contributed by atoms with Gasteiger partial charge in [-0.3, -0.25) is 4.79 Å². The number of nitrogens with zero attached hydrogens (tertiary/aromatic N) is 1. The average molecular weight is 257 g/mol. The summed E-state index contributed by atoms with van der Waals surface area (Å²) in [4.78, 5) is 12.1. The van der Waals surface area contributed by atoms with E-state index in [1.54, 1.807) is 12.1 Å². The fourth-order valence-corrected chi connectivity index (χ4v) is 2.07. The summed E-state index contributed by atoms with van der Waals surface area (Å²) in [5.74, 6) is 0.952. The Bertz CT molecular complexity index is 582. The number of allylic oxidation sites excluding steroid dienone is 2. The molecule has 1 aromatic rings. The van der Waals surface area contributed by atoms with Crippen molar-refractivity contribution < 1.29 is 14.3 Å². The third kappa shape index (κ3) is 2.45. The molecule has 0 radical (unpaired) electrons. The number of hydrogen-bond acceptors (Lipinski definition) is 4. The van der Waals surface area contributed by atoms with Crippen LogP contribution in [0.1, 0.15) is 29.8 Å². The van der Waals surface area contributed by atoms with Gasteiger partial charge in [-0.2, -0.15) is 5.26 Å². The lowest BCUT2D eigenvalue weighted by Gasteiger charge is -2.17. The minimum atomic E-state index is -0.243. The number of carbonyl (C=O) groups is 1. The van der Waals surface area contributed by atoms with Gasteiger partial charge in [-0.25, -0.2) is 0 Å². The molecule has 0 bridgehead atoms. The zero-order chi connectivity index (χ0) is 13.8. The molecule has 0 amide bonds. The second-order valence-corrected chi connectivity index (χ2v) is 4.08. The highest BCUT2D eigenvalue weighted by Gasteiger charge is 2.23. The Morgan fingerprint density at radius 3 is 2.42 bits per heavy atom. The molecule has 0 heterocycles. The molecule has 0 unspecified atom stereocenters. The minimum absolute atomic E-state index is 0.194. The van der Waals surface area contributed by atoms with E-state index in [2.05, 4.69) is 0 Å². The van der Waals surface area contributed by atoms with E-state index in [0.717, 1.165) is 5.56 Å². The molecule has 0 fully saturated rings. The first-order chi connectivity index (χ1) is 9.21. The van der Waals surface area contributed by atoms with Crippen molar-refractivity contribution in [3.05, 3.63) is 34.9 Å². The molecule has 0 spiro atoms. The molecule has 0 saturated carbocycles. The minimum Gasteiger partial charge on any atom is -0.490 e. The van der Waals surface area contributed by atoms with Gasteiger partial charge in [0.1, 0.15) is 6.07 Å². The molecule has 98 valence electrons. The fourth-order valence-electron chi connectivity index (χ4n) is 2.07. The largest absolute Gasteiger partial charge is 0.490 e. The molecule has 4 heteroatoms. The molecule has 19 heavy (non-hydrogen) atoms. The van der Waals surface area contributed by atoms with Crippen LogP contribution in [0.15, 0.2) is 23.8 Å². The number of fused-ring (bicyclic) bond motifs is 1. The number of hydrogen-bond donors (Lipinski definition) is 0. The summed E-state index contributed by atoms with van der Waals surface area (Å²) in [5.41, 5.74) is 1.60. The van der Waals surface area contributed by atoms with Crippen LogP contribution in [0.5, 0.6) is 11.5 Å². The van der Waals surface area contributed by atoms with Crippen LogP contribution in [0, 0.1) is 11.3 Å². The Morgan fingerprint density at radius 2 is 1.84 bits per heavy atom. The zero-order valence-electron chi connectivity index (χ0n) is 11.0. The second-order valence-electron chi connectivity index (χ2n) is 4.08. The zero-order valence-corrected chi connectivity index (χ0v) is 11.0. The van der Waals surface area contributed by atoms with Crippen LogP contribution in [-0.2, 0) is 6.42 Å². The maximum absolute atomic E-state index is 12.1. The molecule has 1 aliphatic carbocycles. The van der Waals surface area contributed by atoms with Gasteiger partial charge in [0.15, 0.2) is 11.5 Å². The first-order valence-corrected chi connectivity index (χ1v) is 6.28. The summed E-state index contributed by atoms with van der Waals surface area (Å²) in [6, 6.07) is 5.43. The van der Waals surface area contributed by atoms with E-state index in [-0.39, 0.29) is 11.4 Å². The van der Waals surface area contributed by atoms with Gasteiger partial charge in [0, 0.05) is 5.56 Å². The van der Waals surface area contributed by atoms with E-state index in [9.17, 15) is 4.79 Å². The number of rotatable bonds is 4. The highest BCUT2D eigenvalue weighted by Crippen LogP contribution is 2.34. The van der Waals surface area contributed by atoms with Crippen LogP contribution in [0.2, 0.25) is 0 Å². The molecule has 1 aromatic carbocycles. The molecular formula is C15H15NO3. The Balaban J connectivity index is 2.48. The van der Waals surface area contributed by atoms with Crippen LogP contribution in [-0.4, -0.2) is 19.0 Å². The van der Waals surface area contributed by atoms with E-state index in [1.807, 2.05) is 26.0 Å². The molecule has 0 saturated heterocycles. The molecule has 0 N–H and O–H groups in total.